The fourth-order valence-corrected chi connectivity index (χ4v) is 2.79. The van der Waals surface area contributed by atoms with Crippen LogP contribution in [0.15, 0.2) is 41.4 Å². The first-order chi connectivity index (χ1) is 13.5. The fraction of sp³-hybridized carbons (Fsp3) is 0.143. The molecule has 0 saturated carbocycles. The number of aromatic amines is 2. The van der Waals surface area contributed by atoms with E-state index in [4.69, 9.17) is 9.15 Å². The number of rotatable bonds is 6. The van der Waals surface area contributed by atoms with Gasteiger partial charge >= 0.3 is 11.4 Å². The molecular weight excluding hydrogens is 443 g/mol. The fourth-order valence-electron chi connectivity index (χ4n) is 2.43. The lowest BCUT2D eigenvalue weighted by Crippen LogP contribution is -2.14. The Morgan fingerprint density at radius 3 is 2.86 bits per heavy atom. The van der Waals surface area contributed by atoms with Gasteiger partial charge in [0.05, 0.1) is 10.2 Å². The maximum absolute atomic E-state index is 13.5. The maximum Gasteiger partial charge on any atom is 0.446 e. The number of halogens is 2. The third-order valence-electron chi connectivity index (χ3n) is 3.67. The Kier molecular flexibility index (Phi) is 4.60. The molecule has 3 aromatic heterocycles. The van der Waals surface area contributed by atoms with Gasteiger partial charge in [0.2, 0.25) is 11.6 Å². The van der Waals surface area contributed by atoms with E-state index in [0.29, 0.717) is 24.5 Å². The SMILES string of the molecule is O=c1[nH]nc(CCNc2nonc2-c2noc(=O)n2-c2ccc(F)c(Br)c2)[nH]1. The van der Waals surface area contributed by atoms with Crippen LogP contribution in [-0.2, 0) is 6.42 Å². The van der Waals surface area contributed by atoms with Gasteiger partial charge in [-0.15, -0.1) is 0 Å². The first-order valence-electron chi connectivity index (χ1n) is 7.77. The summed E-state index contributed by atoms with van der Waals surface area (Å²) in [5.74, 6) is -0.625. The highest BCUT2D eigenvalue weighted by molar-refractivity contribution is 9.10. The van der Waals surface area contributed by atoms with E-state index in [1.165, 1.54) is 18.2 Å². The Balaban J connectivity index is 1.62. The van der Waals surface area contributed by atoms with Crippen LogP contribution in [-0.4, -0.2) is 41.8 Å². The normalized spacial score (nSPS) is 11.1. The molecule has 0 aliphatic carbocycles. The minimum absolute atomic E-state index is 0.0143. The van der Waals surface area contributed by atoms with Gasteiger partial charge in [0.25, 0.3) is 0 Å². The van der Waals surface area contributed by atoms with Crippen molar-refractivity contribution in [2.75, 3.05) is 11.9 Å². The Morgan fingerprint density at radius 1 is 1.25 bits per heavy atom. The van der Waals surface area contributed by atoms with Crippen molar-refractivity contribution in [1.29, 1.82) is 0 Å². The number of hydrogen-bond donors (Lipinski definition) is 3. The van der Waals surface area contributed by atoms with Gasteiger partial charge in [-0.3, -0.25) is 9.51 Å². The van der Waals surface area contributed by atoms with Crippen molar-refractivity contribution >= 4 is 21.7 Å². The van der Waals surface area contributed by atoms with Crippen molar-refractivity contribution in [2.24, 2.45) is 0 Å². The number of nitrogens with zero attached hydrogens (tertiary/aromatic N) is 5. The Hall–Kier alpha value is -3.55. The van der Waals surface area contributed by atoms with Crippen molar-refractivity contribution in [3.8, 4) is 17.2 Å². The van der Waals surface area contributed by atoms with Gasteiger partial charge in [0.15, 0.2) is 5.69 Å². The zero-order chi connectivity index (χ0) is 19.7. The number of H-pyrrole nitrogens is 2. The molecule has 0 spiro atoms. The molecule has 0 bridgehead atoms. The molecule has 4 aromatic rings. The second kappa shape index (κ2) is 7.22. The van der Waals surface area contributed by atoms with E-state index in [-0.39, 0.29) is 21.8 Å². The van der Waals surface area contributed by atoms with E-state index < -0.39 is 17.3 Å². The van der Waals surface area contributed by atoms with E-state index in [2.05, 4.69) is 51.9 Å². The van der Waals surface area contributed by atoms with E-state index in [0.717, 1.165) is 4.57 Å². The van der Waals surface area contributed by atoms with Crippen molar-refractivity contribution in [3.63, 3.8) is 0 Å². The second-order valence-corrected chi connectivity index (χ2v) is 6.32. The first kappa shape index (κ1) is 17.8. The van der Waals surface area contributed by atoms with Crippen LogP contribution in [0.1, 0.15) is 5.82 Å². The molecule has 3 N–H and O–H groups in total. The summed E-state index contributed by atoms with van der Waals surface area (Å²) in [6.45, 7) is 0.326. The van der Waals surface area contributed by atoms with Crippen molar-refractivity contribution < 1.29 is 13.5 Å². The molecule has 0 unspecified atom stereocenters. The lowest BCUT2D eigenvalue weighted by atomic mass is 10.3. The average molecular weight is 453 g/mol. The van der Waals surface area contributed by atoms with Gasteiger partial charge in [-0.05, 0) is 44.4 Å². The van der Waals surface area contributed by atoms with E-state index in [1.54, 1.807) is 0 Å². The van der Waals surface area contributed by atoms with Gasteiger partial charge in [0, 0.05) is 13.0 Å². The molecule has 0 fully saturated rings. The van der Waals surface area contributed by atoms with Gasteiger partial charge in [-0.2, -0.15) is 5.10 Å². The summed E-state index contributed by atoms with van der Waals surface area (Å²) >= 11 is 3.07. The Bertz CT molecular complexity index is 1240. The molecule has 0 saturated heterocycles. The van der Waals surface area contributed by atoms with Crippen LogP contribution in [0.5, 0.6) is 0 Å². The molecule has 12 nitrogen and oxygen atoms in total. The van der Waals surface area contributed by atoms with Crippen LogP contribution in [0.3, 0.4) is 0 Å². The van der Waals surface area contributed by atoms with Gasteiger partial charge in [0.1, 0.15) is 11.6 Å². The molecule has 3 heterocycles. The molecule has 0 atom stereocenters. The Labute approximate surface area is 161 Å². The molecular formula is C14H10BrFN8O4. The van der Waals surface area contributed by atoms with Gasteiger partial charge < -0.3 is 5.32 Å². The third kappa shape index (κ3) is 3.36. The number of aromatic nitrogens is 7. The van der Waals surface area contributed by atoms with E-state index in [1.807, 2.05) is 0 Å². The topological polar surface area (TPSA) is 161 Å². The minimum Gasteiger partial charge on any atom is -0.365 e. The van der Waals surface area contributed by atoms with E-state index in [9.17, 15) is 14.0 Å². The lowest BCUT2D eigenvalue weighted by Gasteiger charge is -2.05. The van der Waals surface area contributed by atoms with Crippen LogP contribution in [0.4, 0.5) is 10.2 Å². The average Bonchev–Trinajstić information content (AvgIpc) is 3.38. The van der Waals surface area contributed by atoms with Gasteiger partial charge in [-0.1, -0.05) is 5.16 Å². The molecule has 0 aliphatic rings. The summed E-state index contributed by atoms with van der Waals surface area (Å²) in [4.78, 5) is 25.7. The number of anilines is 1. The summed E-state index contributed by atoms with van der Waals surface area (Å²) in [6, 6.07) is 3.97. The molecule has 0 aliphatic heterocycles. The highest BCUT2D eigenvalue weighted by Crippen LogP contribution is 2.26. The predicted octanol–water partition coefficient (Wildman–Crippen LogP) is 0.843. The summed E-state index contributed by atoms with van der Waals surface area (Å²) < 4.78 is 24.2. The van der Waals surface area contributed by atoms with Crippen LogP contribution >= 0.6 is 15.9 Å². The molecule has 0 radical (unpaired) electrons. The van der Waals surface area contributed by atoms with Crippen LogP contribution in [0.2, 0.25) is 0 Å². The first-order valence-corrected chi connectivity index (χ1v) is 8.57. The number of hydrogen-bond acceptors (Lipinski definition) is 9. The zero-order valence-electron chi connectivity index (χ0n) is 13.8. The highest BCUT2D eigenvalue weighted by Gasteiger charge is 2.23. The second-order valence-electron chi connectivity index (χ2n) is 5.47. The van der Waals surface area contributed by atoms with Gasteiger partial charge in [-0.25, -0.2) is 28.3 Å². The molecule has 144 valence electrons. The summed E-state index contributed by atoms with van der Waals surface area (Å²) in [5.41, 5.74) is 0.00950. The van der Waals surface area contributed by atoms with E-state index >= 15 is 0 Å². The predicted molar refractivity (Wildman–Crippen MR) is 94.5 cm³/mol. The van der Waals surface area contributed by atoms with Crippen molar-refractivity contribution in [3.05, 3.63) is 55.3 Å². The summed E-state index contributed by atoms with van der Waals surface area (Å²) in [5, 5.41) is 20.2. The molecule has 14 heteroatoms. The standard InChI is InChI=1S/C14H10BrFN8O4/c15-7-5-6(1-2-8(7)16)24-12(23-27-14(24)26)10-11(22-28-21-10)17-4-3-9-18-13(25)20-19-9/h1-2,5H,3-4H2,(H,17,22)(H2,18,19,20,25). The summed E-state index contributed by atoms with van der Waals surface area (Å²) in [6.07, 6.45) is 0.377. The van der Waals surface area contributed by atoms with Crippen LogP contribution < -0.4 is 16.8 Å². The molecule has 28 heavy (non-hydrogen) atoms. The third-order valence-corrected chi connectivity index (χ3v) is 4.28. The van der Waals surface area contributed by atoms with Crippen LogP contribution in [0, 0.1) is 5.82 Å². The minimum atomic E-state index is -0.795. The number of nitrogens with one attached hydrogen (secondary N) is 3. The molecule has 0 amide bonds. The summed E-state index contributed by atoms with van der Waals surface area (Å²) in [7, 11) is 0. The monoisotopic (exact) mass is 452 g/mol. The largest absolute Gasteiger partial charge is 0.446 e. The smallest absolute Gasteiger partial charge is 0.365 e. The quantitative estimate of drug-likeness (QED) is 0.384. The number of benzene rings is 1. The Morgan fingerprint density at radius 2 is 2.11 bits per heavy atom. The highest BCUT2D eigenvalue weighted by atomic mass is 79.9. The molecule has 4 rings (SSSR count). The maximum atomic E-state index is 13.5. The molecule has 1 aromatic carbocycles. The lowest BCUT2D eigenvalue weighted by molar-refractivity contribution is 0.309. The van der Waals surface area contributed by atoms with Crippen LogP contribution in [0.25, 0.3) is 17.2 Å². The van der Waals surface area contributed by atoms with Crippen molar-refractivity contribution in [1.82, 2.24) is 35.2 Å². The van der Waals surface area contributed by atoms with Crippen molar-refractivity contribution in [2.45, 2.75) is 6.42 Å². The zero-order valence-corrected chi connectivity index (χ0v) is 15.4.